The Balaban J connectivity index is 2.58. The number of aromatic carboxylic acids is 1. The van der Waals surface area contributed by atoms with Gasteiger partial charge in [0.15, 0.2) is 5.75 Å². The van der Waals surface area contributed by atoms with E-state index >= 15 is 0 Å². The van der Waals surface area contributed by atoms with Gasteiger partial charge < -0.3 is 9.84 Å². The Hall–Kier alpha value is -2.44. The summed E-state index contributed by atoms with van der Waals surface area (Å²) in [5.41, 5.74) is 0.295. The van der Waals surface area contributed by atoms with E-state index in [1.165, 1.54) is 18.2 Å². The summed E-state index contributed by atoms with van der Waals surface area (Å²) in [6.45, 7) is 1.60. The van der Waals surface area contributed by atoms with Gasteiger partial charge in [0.2, 0.25) is 0 Å². The van der Waals surface area contributed by atoms with Crippen LogP contribution in [0.25, 0.3) is 0 Å². The molecule has 2 rings (SSSR count). The molecule has 0 saturated heterocycles. The summed E-state index contributed by atoms with van der Waals surface area (Å²) in [7, 11) is 0. The molecule has 0 aromatic heterocycles. The minimum atomic E-state index is -1.07. The lowest BCUT2D eigenvalue weighted by atomic mass is 10.1. The van der Waals surface area contributed by atoms with Crippen molar-refractivity contribution in [2.24, 2.45) is 0 Å². The van der Waals surface area contributed by atoms with E-state index in [0.29, 0.717) is 5.56 Å². The van der Waals surface area contributed by atoms with Crippen molar-refractivity contribution in [3.8, 4) is 23.6 Å². The Kier molecular flexibility index (Phi) is 5.21. The fourth-order valence-corrected chi connectivity index (χ4v) is 2.76. The number of hydrogen-bond acceptors (Lipinski definition) is 4. The summed E-state index contributed by atoms with van der Waals surface area (Å²) in [5.74, 6) is -0.893. The first-order valence-electron chi connectivity index (χ1n) is 6.34. The van der Waals surface area contributed by atoms with Gasteiger partial charge in [0.1, 0.15) is 27.9 Å². The summed E-state index contributed by atoms with van der Waals surface area (Å²) in [4.78, 5) is 11.0. The van der Waals surface area contributed by atoms with Gasteiger partial charge in [-0.25, -0.2) is 4.79 Å². The third-order valence-corrected chi connectivity index (χ3v) is 4.35. The maximum absolute atomic E-state index is 11.0. The van der Waals surface area contributed by atoms with Crippen LogP contribution in [0.3, 0.4) is 0 Å². The third-order valence-electron chi connectivity index (χ3n) is 3.15. The van der Waals surface area contributed by atoms with Gasteiger partial charge in [-0.15, -0.1) is 0 Å². The first-order chi connectivity index (χ1) is 11.3. The molecule has 0 aliphatic rings. The zero-order valence-corrected chi connectivity index (χ0v) is 14.3. The summed E-state index contributed by atoms with van der Waals surface area (Å²) < 4.78 is 5.58. The maximum Gasteiger partial charge on any atom is 0.335 e. The van der Waals surface area contributed by atoms with Crippen LogP contribution in [0.15, 0.2) is 18.2 Å². The maximum atomic E-state index is 11.0. The molecule has 0 heterocycles. The number of carboxylic acid groups (broad SMARTS) is 1. The largest absolute Gasteiger partial charge is 0.478 e. The highest BCUT2D eigenvalue weighted by atomic mass is 35.5. The van der Waals surface area contributed by atoms with Crippen LogP contribution in [0.1, 0.15) is 27.0 Å². The monoisotopic (exact) mass is 380 g/mol. The van der Waals surface area contributed by atoms with Gasteiger partial charge in [-0.3, -0.25) is 0 Å². The Bertz CT molecular complexity index is 943. The van der Waals surface area contributed by atoms with E-state index in [1.54, 1.807) is 19.1 Å². The Morgan fingerprint density at radius 3 is 2.17 bits per heavy atom. The summed E-state index contributed by atoms with van der Waals surface area (Å²) >= 11 is 18.2. The average molecular weight is 382 g/mol. The van der Waals surface area contributed by atoms with E-state index in [4.69, 9.17) is 55.2 Å². The predicted molar refractivity (Wildman–Crippen MR) is 89.1 cm³/mol. The van der Waals surface area contributed by atoms with Crippen molar-refractivity contribution in [3.05, 3.63) is 55.5 Å². The van der Waals surface area contributed by atoms with Crippen molar-refractivity contribution < 1.29 is 14.6 Å². The zero-order chi connectivity index (χ0) is 18.0. The number of carbonyl (C=O) groups is 1. The van der Waals surface area contributed by atoms with Crippen LogP contribution in [0, 0.1) is 29.6 Å². The molecule has 0 fully saturated rings. The Morgan fingerprint density at radius 2 is 1.67 bits per heavy atom. The quantitative estimate of drug-likeness (QED) is 0.738. The van der Waals surface area contributed by atoms with Gasteiger partial charge in [-0.05, 0) is 30.7 Å². The molecule has 0 amide bonds. The Morgan fingerprint density at radius 1 is 1.08 bits per heavy atom. The van der Waals surface area contributed by atoms with Crippen molar-refractivity contribution in [2.75, 3.05) is 0 Å². The minimum absolute atomic E-state index is 0.0821. The second kappa shape index (κ2) is 6.98. The van der Waals surface area contributed by atoms with Crippen LogP contribution in [-0.2, 0) is 0 Å². The molecule has 120 valence electrons. The highest BCUT2D eigenvalue weighted by molar-refractivity contribution is 6.46. The van der Waals surface area contributed by atoms with E-state index < -0.39 is 5.97 Å². The highest BCUT2D eigenvalue weighted by Crippen LogP contribution is 2.45. The molecule has 0 aliphatic carbocycles. The van der Waals surface area contributed by atoms with Gasteiger partial charge >= 0.3 is 5.97 Å². The number of carboxylic acids is 1. The molecule has 0 unspecified atom stereocenters. The lowest BCUT2D eigenvalue weighted by Crippen LogP contribution is -2.00. The molecule has 8 heteroatoms. The van der Waals surface area contributed by atoms with E-state index in [1.807, 2.05) is 0 Å². The fraction of sp³-hybridized carbons (Fsp3) is 0.0625. The predicted octanol–water partition coefficient (Wildman–Crippen LogP) is 5.19. The van der Waals surface area contributed by atoms with Gasteiger partial charge in [0.25, 0.3) is 0 Å². The van der Waals surface area contributed by atoms with Crippen LogP contribution in [0.4, 0.5) is 0 Å². The van der Waals surface area contributed by atoms with Crippen molar-refractivity contribution in [2.45, 2.75) is 6.92 Å². The van der Waals surface area contributed by atoms with E-state index in [0.717, 1.165) is 0 Å². The van der Waals surface area contributed by atoms with Crippen LogP contribution < -0.4 is 4.74 Å². The molecule has 2 aromatic rings. The van der Waals surface area contributed by atoms with Crippen molar-refractivity contribution in [1.29, 1.82) is 10.5 Å². The molecule has 24 heavy (non-hydrogen) atoms. The second-order valence-electron chi connectivity index (χ2n) is 4.63. The smallest absolute Gasteiger partial charge is 0.335 e. The number of benzene rings is 2. The number of hydrogen-bond donors (Lipinski definition) is 1. The second-order valence-corrected chi connectivity index (χ2v) is 5.76. The van der Waals surface area contributed by atoms with Gasteiger partial charge in [0, 0.05) is 0 Å². The van der Waals surface area contributed by atoms with Crippen molar-refractivity contribution >= 4 is 40.8 Å². The van der Waals surface area contributed by atoms with Crippen LogP contribution in [-0.4, -0.2) is 11.1 Å². The highest BCUT2D eigenvalue weighted by Gasteiger charge is 2.23. The molecule has 5 nitrogen and oxygen atoms in total. The SMILES string of the molecule is Cc1cc(Oc2c(Cl)c(Cl)c(C#N)c(C#N)c2Cl)ccc1C(=O)O. The molecular weight excluding hydrogens is 375 g/mol. The minimum Gasteiger partial charge on any atom is -0.478 e. The Labute approximate surface area is 152 Å². The molecule has 0 bridgehead atoms. The number of nitriles is 2. The van der Waals surface area contributed by atoms with E-state index in [2.05, 4.69) is 0 Å². The topological polar surface area (TPSA) is 94.1 Å². The molecule has 0 spiro atoms. The first-order valence-corrected chi connectivity index (χ1v) is 7.47. The van der Waals surface area contributed by atoms with Crippen LogP contribution >= 0.6 is 34.8 Å². The number of aryl methyl sites for hydroxylation is 1. The molecule has 0 saturated carbocycles. The lowest BCUT2D eigenvalue weighted by Gasteiger charge is -2.14. The number of nitrogens with zero attached hydrogens (tertiary/aromatic N) is 2. The number of rotatable bonds is 3. The number of halogens is 3. The molecular formula is C16H7Cl3N2O3. The van der Waals surface area contributed by atoms with Gasteiger partial charge in [0.05, 0.1) is 21.7 Å². The van der Waals surface area contributed by atoms with E-state index in [9.17, 15) is 4.79 Å². The van der Waals surface area contributed by atoms with E-state index in [-0.39, 0.29) is 43.3 Å². The summed E-state index contributed by atoms with van der Waals surface area (Å²) in [6, 6.07) is 7.83. The molecule has 0 radical (unpaired) electrons. The summed E-state index contributed by atoms with van der Waals surface area (Å²) in [6.07, 6.45) is 0. The zero-order valence-electron chi connectivity index (χ0n) is 12.0. The third kappa shape index (κ3) is 3.11. The average Bonchev–Trinajstić information content (AvgIpc) is 2.54. The standard InChI is InChI=1S/C16H7Cl3N2O3/c1-7-4-8(2-3-9(7)16(22)23)24-15-13(18)11(6-21)10(5-20)12(17)14(15)19/h2-4H,1H3,(H,22,23). The van der Waals surface area contributed by atoms with Crippen LogP contribution in [0.2, 0.25) is 15.1 Å². The number of ether oxygens (including phenoxy) is 1. The van der Waals surface area contributed by atoms with Gasteiger partial charge in [-0.1, -0.05) is 34.8 Å². The molecule has 0 atom stereocenters. The summed E-state index contributed by atoms with van der Waals surface area (Å²) in [5, 5.41) is 26.9. The lowest BCUT2D eigenvalue weighted by molar-refractivity contribution is 0.0696. The van der Waals surface area contributed by atoms with Gasteiger partial charge in [-0.2, -0.15) is 10.5 Å². The fourth-order valence-electron chi connectivity index (χ4n) is 2.00. The molecule has 2 aromatic carbocycles. The van der Waals surface area contributed by atoms with Crippen molar-refractivity contribution in [1.82, 2.24) is 0 Å². The normalized spacial score (nSPS) is 9.92. The van der Waals surface area contributed by atoms with Crippen molar-refractivity contribution in [3.63, 3.8) is 0 Å². The molecule has 0 aliphatic heterocycles. The van der Waals surface area contributed by atoms with Crippen LogP contribution in [0.5, 0.6) is 11.5 Å². The molecule has 1 N–H and O–H groups in total. The first kappa shape index (κ1) is 17.9.